The van der Waals surface area contributed by atoms with Crippen LogP contribution in [0, 0.1) is 0 Å². The second-order valence-corrected chi connectivity index (χ2v) is 8.02. The normalized spacial score (nSPS) is 14.8. The van der Waals surface area contributed by atoms with Gasteiger partial charge in [-0.3, -0.25) is 9.59 Å². The average molecular weight is 438 g/mol. The first-order valence-corrected chi connectivity index (χ1v) is 10.6. The van der Waals surface area contributed by atoms with Crippen molar-refractivity contribution in [1.29, 1.82) is 0 Å². The average Bonchev–Trinajstić information content (AvgIpc) is 2.73. The van der Waals surface area contributed by atoms with E-state index in [-0.39, 0.29) is 24.2 Å². The lowest BCUT2D eigenvalue weighted by Gasteiger charge is -2.22. The summed E-state index contributed by atoms with van der Waals surface area (Å²) in [7, 11) is 0. The summed E-state index contributed by atoms with van der Waals surface area (Å²) in [5.74, 6) is 1.72. The standard InChI is InChI=1S/C21H21F3N2O3S/c22-21(23,24)15-2-1-3-17(12-15)25-19(27)13-29-18-6-4-14(5-7-18)20(28)26-16-8-10-30-11-9-16/h1-7,12,16H,8-11,13H2,(H,25,27)(H,26,28). The minimum absolute atomic E-state index is 0.0338. The molecule has 0 saturated carbocycles. The lowest BCUT2D eigenvalue weighted by atomic mass is 10.1. The Balaban J connectivity index is 1.48. The first-order chi connectivity index (χ1) is 14.3. The summed E-state index contributed by atoms with van der Waals surface area (Å²) in [5.41, 5.74) is -0.317. The van der Waals surface area contributed by atoms with Gasteiger partial charge in [0.15, 0.2) is 6.61 Å². The first kappa shape index (κ1) is 22.0. The van der Waals surface area contributed by atoms with Crippen LogP contribution in [0.2, 0.25) is 0 Å². The highest BCUT2D eigenvalue weighted by atomic mass is 32.2. The maximum absolute atomic E-state index is 12.7. The van der Waals surface area contributed by atoms with E-state index in [1.54, 1.807) is 24.3 Å². The Bertz CT molecular complexity index is 882. The highest BCUT2D eigenvalue weighted by molar-refractivity contribution is 7.99. The Hall–Kier alpha value is -2.68. The van der Waals surface area contributed by atoms with Crippen LogP contribution in [0.15, 0.2) is 48.5 Å². The molecule has 3 rings (SSSR count). The van der Waals surface area contributed by atoms with Crippen molar-refractivity contribution in [3.05, 3.63) is 59.7 Å². The number of alkyl halides is 3. The van der Waals surface area contributed by atoms with Gasteiger partial charge >= 0.3 is 6.18 Å². The van der Waals surface area contributed by atoms with E-state index in [4.69, 9.17) is 4.74 Å². The Morgan fingerprint density at radius 2 is 1.77 bits per heavy atom. The first-order valence-electron chi connectivity index (χ1n) is 9.40. The number of carbonyl (C=O) groups is 2. The SMILES string of the molecule is O=C(COc1ccc(C(=O)NC2CCSCC2)cc1)Nc1cccc(C(F)(F)F)c1. The minimum Gasteiger partial charge on any atom is -0.484 e. The molecule has 0 aliphatic carbocycles. The van der Waals surface area contributed by atoms with Crippen molar-refractivity contribution in [2.75, 3.05) is 23.4 Å². The van der Waals surface area contributed by atoms with Crippen LogP contribution < -0.4 is 15.4 Å². The lowest BCUT2D eigenvalue weighted by Crippen LogP contribution is -2.37. The van der Waals surface area contributed by atoms with Crippen molar-refractivity contribution >= 4 is 29.3 Å². The number of carbonyl (C=O) groups excluding carboxylic acids is 2. The van der Waals surface area contributed by atoms with Gasteiger partial charge in [-0.05, 0) is 66.8 Å². The van der Waals surface area contributed by atoms with Crippen LogP contribution in [0.4, 0.5) is 18.9 Å². The second-order valence-electron chi connectivity index (χ2n) is 6.80. The Labute approximate surface area is 176 Å². The molecule has 1 heterocycles. The molecule has 2 aromatic rings. The van der Waals surface area contributed by atoms with Crippen molar-refractivity contribution in [3.63, 3.8) is 0 Å². The van der Waals surface area contributed by atoms with Crippen molar-refractivity contribution in [1.82, 2.24) is 5.32 Å². The second kappa shape index (κ2) is 9.88. The third-order valence-corrected chi connectivity index (χ3v) is 5.57. The van der Waals surface area contributed by atoms with Crippen molar-refractivity contribution < 1.29 is 27.5 Å². The number of hydrogen-bond acceptors (Lipinski definition) is 4. The van der Waals surface area contributed by atoms with Gasteiger partial charge in [-0.15, -0.1) is 0 Å². The molecule has 160 valence electrons. The molecule has 0 spiro atoms. The van der Waals surface area contributed by atoms with Crippen LogP contribution in [0.1, 0.15) is 28.8 Å². The maximum Gasteiger partial charge on any atom is 0.416 e. The summed E-state index contributed by atoms with van der Waals surface area (Å²) in [6, 6.07) is 10.9. The highest BCUT2D eigenvalue weighted by Crippen LogP contribution is 2.30. The van der Waals surface area contributed by atoms with Gasteiger partial charge in [0.1, 0.15) is 5.75 Å². The Morgan fingerprint density at radius 3 is 2.43 bits per heavy atom. The zero-order chi connectivity index (χ0) is 21.6. The van der Waals surface area contributed by atoms with E-state index in [0.29, 0.717) is 11.3 Å². The van der Waals surface area contributed by atoms with Crippen molar-refractivity contribution in [3.8, 4) is 5.75 Å². The van der Waals surface area contributed by atoms with E-state index in [1.807, 2.05) is 11.8 Å². The molecule has 2 aromatic carbocycles. The Kier molecular flexibility index (Phi) is 7.25. The van der Waals surface area contributed by atoms with Gasteiger partial charge < -0.3 is 15.4 Å². The van der Waals surface area contributed by atoms with Crippen LogP contribution in [0.3, 0.4) is 0 Å². The maximum atomic E-state index is 12.7. The lowest BCUT2D eigenvalue weighted by molar-refractivity contribution is -0.137. The highest BCUT2D eigenvalue weighted by Gasteiger charge is 2.30. The Morgan fingerprint density at radius 1 is 1.07 bits per heavy atom. The number of benzene rings is 2. The smallest absolute Gasteiger partial charge is 0.416 e. The molecule has 0 unspecified atom stereocenters. The number of anilines is 1. The fourth-order valence-corrected chi connectivity index (χ4v) is 4.04. The van der Waals surface area contributed by atoms with Crippen LogP contribution >= 0.6 is 11.8 Å². The predicted octanol–water partition coefficient (Wildman–Crippen LogP) is 4.35. The summed E-state index contributed by atoms with van der Waals surface area (Å²) in [6.07, 6.45) is -2.57. The fourth-order valence-electron chi connectivity index (χ4n) is 2.93. The number of amides is 2. The third kappa shape index (κ3) is 6.41. The molecule has 0 atom stereocenters. The largest absolute Gasteiger partial charge is 0.484 e. The van der Waals surface area contributed by atoms with Crippen molar-refractivity contribution in [2.24, 2.45) is 0 Å². The molecular formula is C21H21F3N2O3S. The zero-order valence-corrected chi connectivity index (χ0v) is 16.8. The fraction of sp³-hybridized carbons (Fsp3) is 0.333. The molecule has 2 N–H and O–H groups in total. The number of ether oxygens (including phenoxy) is 1. The molecule has 1 saturated heterocycles. The summed E-state index contributed by atoms with van der Waals surface area (Å²) in [4.78, 5) is 24.2. The molecule has 0 aromatic heterocycles. The van der Waals surface area contributed by atoms with Gasteiger partial charge in [-0.25, -0.2) is 0 Å². The zero-order valence-electron chi connectivity index (χ0n) is 16.0. The van der Waals surface area contributed by atoms with E-state index < -0.39 is 17.6 Å². The molecule has 5 nitrogen and oxygen atoms in total. The number of hydrogen-bond donors (Lipinski definition) is 2. The predicted molar refractivity (Wildman–Crippen MR) is 110 cm³/mol. The van der Waals surface area contributed by atoms with E-state index in [9.17, 15) is 22.8 Å². The number of rotatable bonds is 6. The van der Waals surface area contributed by atoms with Gasteiger partial charge in [0.05, 0.1) is 5.56 Å². The van der Waals surface area contributed by atoms with Crippen LogP contribution in [0.25, 0.3) is 0 Å². The molecule has 0 bridgehead atoms. The molecule has 0 radical (unpaired) electrons. The molecule has 1 fully saturated rings. The van der Waals surface area contributed by atoms with Crippen molar-refractivity contribution in [2.45, 2.75) is 25.1 Å². The van der Waals surface area contributed by atoms with Gasteiger partial charge in [-0.1, -0.05) is 6.07 Å². The molecule has 1 aliphatic rings. The summed E-state index contributed by atoms with van der Waals surface area (Å²) in [5, 5.41) is 5.38. The number of halogens is 3. The van der Waals surface area contributed by atoms with Gasteiger partial charge in [0, 0.05) is 17.3 Å². The summed E-state index contributed by atoms with van der Waals surface area (Å²) >= 11 is 1.88. The van der Waals surface area contributed by atoms with Crippen LogP contribution in [0.5, 0.6) is 5.75 Å². The molecular weight excluding hydrogens is 417 g/mol. The molecule has 1 aliphatic heterocycles. The molecule has 2 amide bonds. The van der Waals surface area contributed by atoms with Gasteiger partial charge in [-0.2, -0.15) is 24.9 Å². The third-order valence-electron chi connectivity index (χ3n) is 4.52. The summed E-state index contributed by atoms with van der Waals surface area (Å²) < 4.78 is 43.5. The molecule has 9 heteroatoms. The monoisotopic (exact) mass is 438 g/mol. The molecule has 30 heavy (non-hydrogen) atoms. The topological polar surface area (TPSA) is 67.4 Å². The van der Waals surface area contributed by atoms with E-state index >= 15 is 0 Å². The minimum atomic E-state index is -4.48. The van der Waals surface area contributed by atoms with Gasteiger partial charge in [0.25, 0.3) is 11.8 Å². The number of nitrogens with one attached hydrogen (secondary N) is 2. The van der Waals surface area contributed by atoms with E-state index in [0.717, 1.165) is 36.5 Å². The van der Waals surface area contributed by atoms with E-state index in [1.165, 1.54) is 12.1 Å². The quantitative estimate of drug-likeness (QED) is 0.704. The van der Waals surface area contributed by atoms with E-state index in [2.05, 4.69) is 10.6 Å². The van der Waals surface area contributed by atoms with Crippen LogP contribution in [-0.4, -0.2) is 36.0 Å². The summed E-state index contributed by atoms with van der Waals surface area (Å²) in [6.45, 7) is -0.373. The van der Waals surface area contributed by atoms with Gasteiger partial charge in [0.2, 0.25) is 0 Å². The number of thioether (sulfide) groups is 1. The van der Waals surface area contributed by atoms with Crippen LogP contribution in [-0.2, 0) is 11.0 Å².